The van der Waals surface area contributed by atoms with Gasteiger partial charge in [-0.1, -0.05) is 18.2 Å². The van der Waals surface area contributed by atoms with Gasteiger partial charge in [-0.05, 0) is 17.0 Å². The number of para-hydroxylation sites is 1. The van der Waals surface area contributed by atoms with Gasteiger partial charge in [0.1, 0.15) is 0 Å². The summed E-state index contributed by atoms with van der Waals surface area (Å²) >= 11 is 0. The summed E-state index contributed by atoms with van der Waals surface area (Å²) in [5, 5.41) is 10.3. The summed E-state index contributed by atoms with van der Waals surface area (Å²) in [6.07, 6.45) is 2.04. The van der Waals surface area contributed by atoms with Crippen molar-refractivity contribution in [3.05, 3.63) is 36.0 Å². The number of nitrogens with two attached hydrogens (primary N) is 1. The summed E-state index contributed by atoms with van der Waals surface area (Å²) in [6.45, 7) is 0. The zero-order valence-corrected chi connectivity index (χ0v) is 8.58. The number of amides is 1. The summed E-state index contributed by atoms with van der Waals surface area (Å²) < 4.78 is 0. The number of fused-ring (bicyclic) bond motifs is 1. The Morgan fingerprint density at radius 2 is 2.25 bits per heavy atom. The molecule has 0 aliphatic carbocycles. The van der Waals surface area contributed by atoms with Crippen LogP contribution in [0.5, 0.6) is 0 Å². The Balaban J connectivity index is 2.24. The third-order valence-corrected chi connectivity index (χ3v) is 2.30. The van der Waals surface area contributed by atoms with E-state index in [0.29, 0.717) is 0 Å². The van der Waals surface area contributed by atoms with E-state index < -0.39 is 0 Å². The van der Waals surface area contributed by atoms with Crippen LogP contribution in [0.1, 0.15) is 5.56 Å². The number of guanidine groups is 1. The molecule has 0 bridgehead atoms. The normalized spacial score (nSPS) is 10.2. The van der Waals surface area contributed by atoms with Gasteiger partial charge in [-0.2, -0.15) is 0 Å². The van der Waals surface area contributed by atoms with Crippen molar-refractivity contribution in [3.8, 4) is 0 Å². The topological polar surface area (TPSA) is 94.8 Å². The first-order valence-corrected chi connectivity index (χ1v) is 4.85. The Morgan fingerprint density at radius 1 is 1.44 bits per heavy atom. The van der Waals surface area contributed by atoms with Gasteiger partial charge in [0.25, 0.3) is 0 Å². The second-order valence-electron chi connectivity index (χ2n) is 3.50. The van der Waals surface area contributed by atoms with Gasteiger partial charge in [0.05, 0.1) is 6.42 Å². The number of benzene rings is 1. The lowest BCUT2D eigenvalue weighted by atomic mass is 10.1. The number of aromatic amines is 1. The highest BCUT2D eigenvalue weighted by Crippen LogP contribution is 2.17. The fourth-order valence-corrected chi connectivity index (χ4v) is 1.66. The molecule has 0 saturated heterocycles. The number of H-pyrrole nitrogens is 1. The van der Waals surface area contributed by atoms with Gasteiger partial charge in [-0.25, -0.2) is 0 Å². The number of hydrogen-bond acceptors (Lipinski definition) is 2. The molecule has 1 aromatic heterocycles. The highest BCUT2D eigenvalue weighted by atomic mass is 16.1. The fourth-order valence-electron chi connectivity index (χ4n) is 1.66. The minimum Gasteiger partial charge on any atom is -0.370 e. The molecule has 5 heteroatoms. The van der Waals surface area contributed by atoms with Crippen molar-refractivity contribution < 1.29 is 4.79 Å². The molecule has 0 aliphatic rings. The molecule has 2 rings (SSSR count). The molecule has 5 N–H and O–H groups in total. The van der Waals surface area contributed by atoms with Crippen LogP contribution in [0.2, 0.25) is 0 Å². The molecular weight excluding hydrogens is 204 g/mol. The van der Waals surface area contributed by atoms with Crippen molar-refractivity contribution in [2.24, 2.45) is 5.73 Å². The highest BCUT2D eigenvalue weighted by molar-refractivity contribution is 5.97. The van der Waals surface area contributed by atoms with Gasteiger partial charge in [-0.3, -0.25) is 15.5 Å². The first-order chi connectivity index (χ1) is 7.66. The molecule has 0 spiro atoms. The van der Waals surface area contributed by atoms with Crippen LogP contribution in [-0.4, -0.2) is 16.9 Å². The lowest BCUT2D eigenvalue weighted by Gasteiger charge is -2.04. The van der Waals surface area contributed by atoms with Gasteiger partial charge < -0.3 is 10.7 Å². The van der Waals surface area contributed by atoms with Gasteiger partial charge >= 0.3 is 0 Å². The lowest BCUT2D eigenvalue weighted by Crippen LogP contribution is -2.36. The Hall–Kier alpha value is -2.30. The van der Waals surface area contributed by atoms with E-state index in [2.05, 4.69) is 10.3 Å². The van der Waals surface area contributed by atoms with E-state index in [1.54, 1.807) is 0 Å². The van der Waals surface area contributed by atoms with E-state index in [-0.39, 0.29) is 18.3 Å². The highest BCUT2D eigenvalue weighted by Gasteiger charge is 2.07. The largest absolute Gasteiger partial charge is 0.370 e. The maximum absolute atomic E-state index is 11.4. The summed E-state index contributed by atoms with van der Waals surface area (Å²) in [4.78, 5) is 14.5. The number of carbonyl (C=O) groups excluding carboxylic acids is 1. The predicted molar refractivity (Wildman–Crippen MR) is 62.1 cm³/mol. The van der Waals surface area contributed by atoms with Crippen molar-refractivity contribution in [2.75, 3.05) is 0 Å². The molecule has 82 valence electrons. The molecule has 5 nitrogen and oxygen atoms in total. The first-order valence-electron chi connectivity index (χ1n) is 4.85. The first kappa shape index (κ1) is 10.2. The maximum atomic E-state index is 11.4. The van der Waals surface area contributed by atoms with Crippen LogP contribution in [0.3, 0.4) is 0 Å². The number of hydrogen-bond donors (Lipinski definition) is 4. The number of aromatic nitrogens is 1. The fraction of sp³-hybridized carbons (Fsp3) is 0.0909. The van der Waals surface area contributed by atoms with E-state index in [1.165, 1.54) is 0 Å². The van der Waals surface area contributed by atoms with Gasteiger partial charge in [0, 0.05) is 11.7 Å². The summed E-state index contributed by atoms with van der Waals surface area (Å²) in [7, 11) is 0. The van der Waals surface area contributed by atoms with Crippen molar-refractivity contribution in [1.29, 1.82) is 5.41 Å². The molecule has 0 aliphatic heterocycles. The number of nitrogens with one attached hydrogen (secondary N) is 3. The number of rotatable bonds is 2. The molecular formula is C11H12N4O. The average molecular weight is 216 g/mol. The summed E-state index contributed by atoms with van der Waals surface area (Å²) in [5.41, 5.74) is 6.92. The molecule has 1 amide bonds. The molecule has 0 radical (unpaired) electrons. The Labute approximate surface area is 92.2 Å². The van der Waals surface area contributed by atoms with Crippen LogP contribution in [-0.2, 0) is 11.2 Å². The SMILES string of the molecule is N=C(N)NC(=O)Cc1cccc2cc[nH]c12. The van der Waals surface area contributed by atoms with Crippen LogP contribution in [0.15, 0.2) is 30.5 Å². The van der Waals surface area contributed by atoms with Gasteiger partial charge in [0.2, 0.25) is 5.91 Å². The minimum atomic E-state index is -0.330. The molecule has 0 fully saturated rings. The van der Waals surface area contributed by atoms with Crippen molar-refractivity contribution in [3.63, 3.8) is 0 Å². The third-order valence-electron chi connectivity index (χ3n) is 2.30. The maximum Gasteiger partial charge on any atom is 0.231 e. The van der Waals surface area contributed by atoms with Crippen LogP contribution >= 0.6 is 0 Å². The molecule has 0 atom stereocenters. The van der Waals surface area contributed by atoms with Crippen LogP contribution in [0.4, 0.5) is 0 Å². The second-order valence-corrected chi connectivity index (χ2v) is 3.50. The molecule has 0 unspecified atom stereocenters. The standard InChI is InChI=1S/C11H12N4O/c12-11(13)15-9(16)6-8-3-1-2-7-4-5-14-10(7)8/h1-5,14H,6H2,(H4,12,13,15,16). The Kier molecular flexibility index (Phi) is 2.59. The molecule has 2 aromatic rings. The van der Waals surface area contributed by atoms with Crippen molar-refractivity contribution in [1.82, 2.24) is 10.3 Å². The average Bonchev–Trinajstić information content (AvgIpc) is 2.65. The Bertz CT molecular complexity index is 544. The zero-order chi connectivity index (χ0) is 11.5. The van der Waals surface area contributed by atoms with E-state index >= 15 is 0 Å². The van der Waals surface area contributed by atoms with Crippen molar-refractivity contribution >= 4 is 22.8 Å². The van der Waals surface area contributed by atoms with Crippen LogP contribution in [0.25, 0.3) is 10.9 Å². The van der Waals surface area contributed by atoms with Crippen molar-refractivity contribution in [2.45, 2.75) is 6.42 Å². The summed E-state index contributed by atoms with van der Waals surface area (Å²) in [5.74, 6) is -0.613. The summed E-state index contributed by atoms with van der Waals surface area (Å²) in [6, 6.07) is 7.69. The second kappa shape index (κ2) is 4.06. The molecule has 16 heavy (non-hydrogen) atoms. The smallest absolute Gasteiger partial charge is 0.231 e. The Morgan fingerprint density at radius 3 is 3.00 bits per heavy atom. The molecule has 1 aromatic carbocycles. The van der Waals surface area contributed by atoms with Gasteiger partial charge in [-0.15, -0.1) is 0 Å². The number of carbonyl (C=O) groups is 1. The molecule has 1 heterocycles. The van der Waals surface area contributed by atoms with E-state index in [4.69, 9.17) is 11.1 Å². The van der Waals surface area contributed by atoms with E-state index in [9.17, 15) is 4.79 Å². The predicted octanol–water partition coefficient (Wildman–Crippen LogP) is 0.720. The zero-order valence-electron chi connectivity index (χ0n) is 8.58. The lowest BCUT2D eigenvalue weighted by molar-refractivity contribution is -0.119. The van der Waals surface area contributed by atoms with Crippen LogP contribution < -0.4 is 11.1 Å². The monoisotopic (exact) mass is 216 g/mol. The van der Waals surface area contributed by atoms with E-state index in [1.807, 2.05) is 30.5 Å². The third kappa shape index (κ3) is 2.03. The molecule has 0 saturated carbocycles. The quantitative estimate of drug-likeness (QED) is 0.439. The van der Waals surface area contributed by atoms with E-state index in [0.717, 1.165) is 16.5 Å². The minimum absolute atomic E-state index is 0.206. The van der Waals surface area contributed by atoms with Gasteiger partial charge in [0.15, 0.2) is 5.96 Å². The van der Waals surface area contributed by atoms with Crippen LogP contribution in [0, 0.1) is 5.41 Å².